The molecule has 2 aromatic carbocycles. The zero-order chi connectivity index (χ0) is 16.7. The zero-order valence-corrected chi connectivity index (χ0v) is 14.2. The van der Waals surface area contributed by atoms with E-state index in [1.807, 2.05) is 12.1 Å². The molecule has 3 nitrogen and oxygen atoms in total. The maximum Gasteiger partial charge on any atom is 0.311 e. The van der Waals surface area contributed by atoms with Crippen LogP contribution in [0.15, 0.2) is 48.5 Å². The molecular weight excluding hydrogens is 312 g/mol. The smallest absolute Gasteiger partial charge is 0.311 e. The highest BCUT2D eigenvalue weighted by molar-refractivity contribution is 6.30. The van der Waals surface area contributed by atoms with Gasteiger partial charge in [-0.25, -0.2) is 0 Å². The molecule has 0 fully saturated rings. The molecule has 4 heteroatoms. The van der Waals surface area contributed by atoms with Crippen LogP contribution in [-0.2, 0) is 4.79 Å². The Balaban J connectivity index is 1.69. The minimum Gasteiger partial charge on any atom is -0.494 e. The van der Waals surface area contributed by atoms with Crippen molar-refractivity contribution in [1.29, 1.82) is 0 Å². The summed E-state index contributed by atoms with van der Waals surface area (Å²) in [5.41, 5.74) is 1.28. The van der Waals surface area contributed by atoms with Crippen LogP contribution < -0.4 is 9.47 Å². The van der Waals surface area contributed by atoms with Gasteiger partial charge >= 0.3 is 5.97 Å². The fourth-order valence-electron chi connectivity index (χ4n) is 2.07. The normalized spacial score (nSPS) is 10.6. The number of carbonyl (C=O) groups excluding carboxylic acids is 1. The lowest BCUT2D eigenvalue weighted by Crippen LogP contribution is -2.09. The lowest BCUT2D eigenvalue weighted by molar-refractivity contribution is -0.134. The van der Waals surface area contributed by atoms with Crippen LogP contribution in [0.5, 0.6) is 11.5 Å². The first-order valence-electron chi connectivity index (χ1n) is 7.73. The molecule has 0 bridgehead atoms. The quantitative estimate of drug-likeness (QED) is 0.396. The van der Waals surface area contributed by atoms with E-state index >= 15 is 0 Å². The second kappa shape index (κ2) is 8.59. The van der Waals surface area contributed by atoms with Crippen LogP contribution in [0, 0.1) is 0 Å². The van der Waals surface area contributed by atoms with Crippen molar-refractivity contribution in [3.05, 3.63) is 59.1 Å². The number of benzene rings is 2. The van der Waals surface area contributed by atoms with Gasteiger partial charge in [-0.05, 0) is 48.2 Å². The van der Waals surface area contributed by atoms with Gasteiger partial charge in [-0.15, -0.1) is 0 Å². The van der Waals surface area contributed by atoms with Gasteiger partial charge in [0, 0.05) is 11.4 Å². The van der Waals surface area contributed by atoms with Crippen LogP contribution in [0.3, 0.4) is 0 Å². The van der Waals surface area contributed by atoms with Crippen LogP contribution in [0.25, 0.3) is 0 Å². The third-order valence-electron chi connectivity index (χ3n) is 3.37. The first-order valence-corrected chi connectivity index (χ1v) is 8.11. The van der Waals surface area contributed by atoms with Gasteiger partial charge in [0.25, 0.3) is 0 Å². The van der Waals surface area contributed by atoms with Crippen LogP contribution >= 0.6 is 11.6 Å². The zero-order valence-electron chi connectivity index (χ0n) is 13.4. The summed E-state index contributed by atoms with van der Waals surface area (Å²) in [5, 5.41) is 0.545. The summed E-state index contributed by atoms with van der Waals surface area (Å²) in [5.74, 6) is 1.50. The molecule has 0 aliphatic carbocycles. The Morgan fingerprint density at radius 1 is 1.09 bits per heavy atom. The molecular formula is C19H21ClO3. The van der Waals surface area contributed by atoms with Crippen LogP contribution in [0.1, 0.15) is 38.2 Å². The summed E-state index contributed by atoms with van der Waals surface area (Å²) < 4.78 is 10.8. The van der Waals surface area contributed by atoms with E-state index in [1.54, 1.807) is 24.3 Å². The molecule has 0 radical (unpaired) electrons. The van der Waals surface area contributed by atoms with Gasteiger partial charge in [0.05, 0.1) is 6.61 Å². The van der Waals surface area contributed by atoms with E-state index in [4.69, 9.17) is 21.1 Å². The topological polar surface area (TPSA) is 35.5 Å². The van der Waals surface area contributed by atoms with Gasteiger partial charge in [-0.2, -0.15) is 0 Å². The van der Waals surface area contributed by atoms with E-state index in [1.165, 1.54) is 5.56 Å². The predicted octanol–water partition coefficient (Wildman–Crippen LogP) is 5.23. The monoisotopic (exact) mass is 332 g/mol. The molecule has 0 amide bonds. The highest BCUT2D eigenvalue weighted by Crippen LogP contribution is 2.19. The van der Waals surface area contributed by atoms with Gasteiger partial charge < -0.3 is 9.47 Å². The number of halogens is 1. The molecule has 0 aromatic heterocycles. The van der Waals surface area contributed by atoms with E-state index in [-0.39, 0.29) is 5.97 Å². The number of hydrogen-bond acceptors (Lipinski definition) is 3. The molecule has 0 atom stereocenters. The number of hydrogen-bond donors (Lipinski definition) is 0. The first-order chi connectivity index (χ1) is 11.0. The SMILES string of the molecule is CC(C)c1ccc(OCCCC(=O)Oc2cccc(Cl)c2)cc1. The van der Waals surface area contributed by atoms with E-state index in [9.17, 15) is 4.79 Å². The average molecular weight is 333 g/mol. The fraction of sp³-hybridized carbons (Fsp3) is 0.316. The molecule has 0 aliphatic heterocycles. The standard InChI is InChI=1S/C19H21ClO3/c1-14(2)15-8-10-17(11-9-15)22-12-4-7-19(21)23-18-6-3-5-16(20)13-18/h3,5-6,8-11,13-14H,4,7,12H2,1-2H3. The summed E-state index contributed by atoms with van der Waals surface area (Å²) in [7, 11) is 0. The molecule has 2 aromatic rings. The van der Waals surface area contributed by atoms with E-state index in [0.29, 0.717) is 36.1 Å². The molecule has 23 heavy (non-hydrogen) atoms. The first kappa shape index (κ1) is 17.4. The molecule has 0 saturated heterocycles. The molecule has 0 saturated carbocycles. The van der Waals surface area contributed by atoms with Gasteiger partial charge in [-0.1, -0.05) is 43.6 Å². The van der Waals surface area contributed by atoms with E-state index in [0.717, 1.165) is 5.75 Å². The maximum atomic E-state index is 11.7. The summed E-state index contributed by atoms with van der Waals surface area (Å²) in [6.07, 6.45) is 0.905. The van der Waals surface area contributed by atoms with Crippen LogP contribution in [-0.4, -0.2) is 12.6 Å². The molecule has 122 valence electrons. The predicted molar refractivity (Wildman–Crippen MR) is 92.3 cm³/mol. The van der Waals surface area contributed by atoms with Crippen molar-refractivity contribution in [2.45, 2.75) is 32.6 Å². The Labute approximate surface area is 142 Å². The highest BCUT2D eigenvalue weighted by atomic mass is 35.5. The van der Waals surface area contributed by atoms with Crippen molar-refractivity contribution in [2.75, 3.05) is 6.61 Å². The molecule has 0 heterocycles. The number of ether oxygens (including phenoxy) is 2. The lowest BCUT2D eigenvalue weighted by Gasteiger charge is -2.09. The van der Waals surface area contributed by atoms with Crippen molar-refractivity contribution < 1.29 is 14.3 Å². The Morgan fingerprint density at radius 3 is 2.48 bits per heavy atom. The minimum atomic E-state index is -0.286. The van der Waals surface area contributed by atoms with Gasteiger partial charge in [0.2, 0.25) is 0 Å². The summed E-state index contributed by atoms with van der Waals surface area (Å²) in [6, 6.07) is 14.8. The Hall–Kier alpha value is -2.00. The summed E-state index contributed by atoms with van der Waals surface area (Å²) in [4.78, 5) is 11.7. The fourth-order valence-corrected chi connectivity index (χ4v) is 2.25. The molecule has 0 N–H and O–H groups in total. The average Bonchev–Trinajstić information content (AvgIpc) is 2.52. The van der Waals surface area contributed by atoms with Crippen LogP contribution in [0.4, 0.5) is 0 Å². The van der Waals surface area contributed by atoms with Crippen molar-refractivity contribution in [2.24, 2.45) is 0 Å². The van der Waals surface area contributed by atoms with Gasteiger partial charge in [-0.3, -0.25) is 4.79 Å². The second-order valence-electron chi connectivity index (χ2n) is 5.61. The Bertz CT molecular complexity index is 635. The number of rotatable bonds is 7. The lowest BCUT2D eigenvalue weighted by atomic mass is 10.0. The minimum absolute atomic E-state index is 0.286. The molecule has 0 aliphatic rings. The van der Waals surface area contributed by atoms with E-state index in [2.05, 4.69) is 26.0 Å². The highest BCUT2D eigenvalue weighted by Gasteiger charge is 2.06. The van der Waals surface area contributed by atoms with E-state index < -0.39 is 0 Å². The van der Waals surface area contributed by atoms with Crippen molar-refractivity contribution in [3.63, 3.8) is 0 Å². The summed E-state index contributed by atoms with van der Waals surface area (Å²) in [6.45, 7) is 4.79. The Morgan fingerprint density at radius 2 is 1.83 bits per heavy atom. The summed E-state index contributed by atoms with van der Waals surface area (Å²) >= 11 is 5.84. The Kier molecular flexibility index (Phi) is 6.48. The van der Waals surface area contributed by atoms with Crippen LogP contribution in [0.2, 0.25) is 5.02 Å². The second-order valence-corrected chi connectivity index (χ2v) is 6.04. The van der Waals surface area contributed by atoms with Crippen molar-refractivity contribution in [1.82, 2.24) is 0 Å². The third-order valence-corrected chi connectivity index (χ3v) is 3.60. The van der Waals surface area contributed by atoms with Crippen molar-refractivity contribution >= 4 is 17.6 Å². The number of esters is 1. The van der Waals surface area contributed by atoms with Gasteiger partial charge in [0.1, 0.15) is 11.5 Å². The third kappa shape index (κ3) is 5.95. The molecule has 0 unspecified atom stereocenters. The maximum absolute atomic E-state index is 11.7. The largest absolute Gasteiger partial charge is 0.494 e. The van der Waals surface area contributed by atoms with Gasteiger partial charge in [0.15, 0.2) is 0 Å². The van der Waals surface area contributed by atoms with Crippen molar-refractivity contribution in [3.8, 4) is 11.5 Å². The molecule has 0 spiro atoms. The number of carbonyl (C=O) groups is 1. The molecule has 2 rings (SSSR count).